The van der Waals surface area contributed by atoms with E-state index in [4.69, 9.17) is 4.74 Å². The van der Waals surface area contributed by atoms with Crippen molar-refractivity contribution in [3.63, 3.8) is 0 Å². The first kappa shape index (κ1) is 22.0. The molecule has 1 aromatic rings. The lowest BCUT2D eigenvalue weighted by Crippen LogP contribution is -2.45. The summed E-state index contributed by atoms with van der Waals surface area (Å²) in [4.78, 5) is 25.3. The van der Waals surface area contributed by atoms with Gasteiger partial charge in [0.05, 0.1) is 12.0 Å². The van der Waals surface area contributed by atoms with Crippen LogP contribution in [0.3, 0.4) is 0 Å². The molecule has 1 N–H and O–H groups in total. The standard InChI is InChI=1S/C19H25F3N2O4/c1-18(9-5-11-24(18)12-15-6-3-2-4-7-15)13-27-16(25)8-10-23-17(26)28-14-19(20,21)22/h2-4,6-7H,5,8-14H2,1H3,(H,23,26). The number of nitrogens with one attached hydrogen (secondary N) is 1. The maximum Gasteiger partial charge on any atom is 0.422 e. The number of ether oxygens (including phenoxy) is 2. The smallest absolute Gasteiger partial charge is 0.422 e. The largest absolute Gasteiger partial charge is 0.464 e. The van der Waals surface area contributed by atoms with Crippen molar-refractivity contribution in [3.8, 4) is 0 Å². The van der Waals surface area contributed by atoms with Gasteiger partial charge in [0.2, 0.25) is 0 Å². The summed E-state index contributed by atoms with van der Waals surface area (Å²) in [5, 5.41) is 2.09. The molecule has 1 atom stereocenters. The number of alkyl carbamates (subject to hydrolysis) is 1. The molecule has 2 rings (SSSR count). The molecule has 0 aromatic heterocycles. The van der Waals surface area contributed by atoms with Crippen LogP contribution in [0.5, 0.6) is 0 Å². The zero-order valence-corrected chi connectivity index (χ0v) is 15.8. The first-order valence-electron chi connectivity index (χ1n) is 9.10. The molecule has 0 bridgehead atoms. The SMILES string of the molecule is CC1(COC(=O)CCNC(=O)OCC(F)(F)F)CCCN1Cc1ccccc1. The number of alkyl halides is 3. The highest BCUT2D eigenvalue weighted by atomic mass is 19.4. The molecule has 1 fully saturated rings. The van der Waals surface area contributed by atoms with Crippen LogP contribution in [0.1, 0.15) is 31.7 Å². The average molecular weight is 402 g/mol. The van der Waals surface area contributed by atoms with Crippen molar-refractivity contribution in [1.29, 1.82) is 0 Å². The summed E-state index contributed by atoms with van der Waals surface area (Å²) in [7, 11) is 0. The maximum absolute atomic E-state index is 11.9. The van der Waals surface area contributed by atoms with E-state index in [1.54, 1.807) is 0 Å². The van der Waals surface area contributed by atoms with Gasteiger partial charge in [-0.2, -0.15) is 13.2 Å². The van der Waals surface area contributed by atoms with Gasteiger partial charge >= 0.3 is 18.2 Å². The highest BCUT2D eigenvalue weighted by Gasteiger charge is 2.37. The third-order valence-corrected chi connectivity index (χ3v) is 4.63. The zero-order valence-electron chi connectivity index (χ0n) is 15.8. The lowest BCUT2D eigenvalue weighted by molar-refractivity contribution is -0.160. The molecule has 1 aliphatic heterocycles. The van der Waals surface area contributed by atoms with Gasteiger partial charge in [-0.3, -0.25) is 9.69 Å². The van der Waals surface area contributed by atoms with Crippen LogP contribution in [0.2, 0.25) is 0 Å². The van der Waals surface area contributed by atoms with Gasteiger partial charge < -0.3 is 14.8 Å². The number of carbonyl (C=O) groups excluding carboxylic acids is 2. The van der Waals surface area contributed by atoms with Crippen LogP contribution in [-0.4, -0.2) is 55.0 Å². The first-order valence-corrected chi connectivity index (χ1v) is 9.10. The van der Waals surface area contributed by atoms with Gasteiger partial charge in [0.25, 0.3) is 0 Å². The Bertz CT molecular complexity index is 654. The van der Waals surface area contributed by atoms with Crippen molar-refractivity contribution >= 4 is 12.1 Å². The fraction of sp³-hybridized carbons (Fsp3) is 0.579. The van der Waals surface area contributed by atoms with Crippen molar-refractivity contribution in [3.05, 3.63) is 35.9 Å². The predicted molar refractivity (Wildman–Crippen MR) is 95.5 cm³/mol. The lowest BCUT2D eigenvalue weighted by atomic mass is 9.99. The third-order valence-electron chi connectivity index (χ3n) is 4.63. The Morgan fingerprint density at radius 2 is 1.93 bits per heavy atom. The fourth-order valence-corrected chi connectivity index (χ4v) is 3.09. The summed E-state index contributed by atoms with van der Waals surface area (Å²) in [6, 6.07) is 10.0. The van der Waals surface area contributed by atoms with Crippen molar-refractivity contribution in [1.82, 2.24) is 10.2 Å². The molecule has 6 nitrogen and oxygen atoms in total. The van der Waals surface area contributed by atoms with E-state index < -0.39 is 24.8 Å². The summed E-state index contributed by atoms with van der Waals surface area (Å²) < 4.78 is 45.1. The van der Waals surface area contributed by atoms with Gasteiger partial charge in [0, 0.05) is 13.1 Å². The van der Waals surface area contributed by atoms with Crippen molar-refractivity contribution in [2.75, 3.05) is 26.3 Å². The minimum absolute atomic E-state index is 0.143. The molecular weight excluding hydrogens is 377 g/mol. The minimum Gasteiger partial charge on any atom is -0.464 e. The van der Waals surface area contributed by atoms with E-state index in [9.17, 15) is 22.8 Å². The van der Waals surface area contributed by atoms with Crippen molar-refractivity contribution in [2.45, 2.75) is 44.4 Å². The number of likely N-dealkylation sites (tertiary alicyclic amines) is 1. The summed E-state index contributed by atoms with van der Waals surface area (Å²) in [5.41, 5.74) is 0.911. The Morgan fingerprint density at radius 1 is 1.21 bits per heavy atom. The van der Waals surface area contributed by atoms with Crippen LogP contribution in [0.4, 0.5) is 18.0 Å². The van der Waals surface area contributed by atoms with Gasteiger partial charge in [-0.15, -0.1) is 0 Å². The van der Waals surface area contributed by atoms with Crippen LogP contribution in [0, 0.1) is 0 Å². The number of hydrogen-bond donors (Lipinski definition) is 1. The van der Waals surface area contributed by atoms with E-state index in [1.165, 1.54) is 5.56 Å². The Balaban J connectivity index is 1.70. The molecule has 0 aliphatic carbocycles. The number of esters is 1. The number of nitrogens with zero attached hydrogens (tertiary/aromatic N) is 1. The second-order valence-corrected chi connectivity index (χ2v) is 7.04. The molecule has 1 heterocycles. The van der Waals surface area contributed by atoms with Crippen LogP contribution in [0.15, 0.2) is 30.3 Å². The number of hydrogen-bond acceptors (Lipinski definition) is 5. The summed E-state index contributed by atoms with van der Waals surface area (Å²) in [5.74, 6) is -0.524. The zero-order chi connectivity index (χ0) is 20.6. The molecule has 1 saturated heterocycles. The average Bonchev–Trinajstić information content (AvgIpc) is 2.99. The van der Waals surface area contributed by atoms with Crippen molar-refractivity contribution in [2.24, 2.45) is 0 Å². The van der Waals surface area contributed by atoms with Crippen LogP contribution >= 0.6 is 0 Å². The number of rotatable bonds is 8. The van der Waals surface area contributed by atoms with Gasteiger partial charge in [0.15, 0.2) is 6.61 Å². The number of benzene rings is 1. The highest BCUT2D eigenvalue weighted by molar-refractivity contribution is 5.71. The molecule has 28 heavy (non-hydrogen) atoms. The van der Waals surface area contributed by atoms with E-state index in [1.807, 2.05) is 37.3 Å². The molecule has 9 heteroatoms. The molecule has 1 aliphatic rings. The number of amides is 1. The molecule has 0 spiro atoms. The van der Waals surface area contributed by atoms with E-state index in [0.29, 0.717) is 0 Å². The minimum atomic E-state index is -4.58. The molecule has 1 unspecified atom stereocenters. The Labute approximate surface area is 162 Å². The number of carbonyl (C=O) groups is 2. The van der Waals surface area contributed by atoms with E-state index in [0.717, 1.165) is 25.9 Å². The highest BCUT2D eigenvalue weighted by Crippen LogP contribution is 2.31. The van der Waals surface area contributed by atoms with Gasteiger partial charge in [0.1, 0.15) is 6.61 Å². The lowest BCUT2D eigenvalue weighted by Gasteiger charge is -2.34. The molecule has 1 amide bonds. The van der Waals surface area contributed by atoms with E-state index in [2.05, 4.69) is 15.0 Å². The fourth-order valence-electron chi connectivity index (χ4n) is 3.09. The maximum atomic E-state index is 11.9. The van der Waals surface area contributed by atoms with Crippen LogP contribution < -0.4 is 5.32 Å². The Morgan fingerprint density at radius 3 is 2.61 bits per heavy atom. The van der Waals surface area contributed by atoms with Crippen LogP contribution in [0.25, 0.3) is 0 Å². The Hall–Kier alpha value is -2.29. The molecule has 0 radical (unpaired) electrons. The molecular formula is C19H25F3N2O4. The van der Waals surface area contributed by atoms with E-state index >= 15 is 0 Å². The van der Waals surface area contributed by atoms with Crippen LogP contribution in [-0.2, 0) is 20.8 Å². The summed E-state index contributed by atoms with van der Waals surface area (Å²) >= 11 is 0. The second-order valence-electron chi connectivity index (χ2n) is 7.04. The van der Waals surface area contributed by atoms with E-state index in [-0.39, 0.29) is 25.1 Å². The molecule has 156 valence electrons. The Kier molecular flexibility index (Phi) is 7.68. The number of halogens is 3. The summed E-state index contributed by atoms with van der Waals surface area (Å²) in [6.07, 6.45) is -4.04. The summed E-state index contributed by atoms with van der Waals surface area (Å²) in [6.45, 7) is 2.12. The monoisotopic (exact) mass is 402 g/mol. The van der Waals surface area contributed by atoms with Gasteiger partial charge in [-0.25, -0.2) is 4.79 Å². The third kappa shape index (κ3) is 7.38. The first-order chi connectivity index (χ1) is 13.2. The van der Waals surface area contributed by atoms with Crippen molar-refractivity contribution < 1.29 is 32.2 Å². The second kappa shape index (κ2) is 9.77. The normalized spacial score (nSPS) is 20.0. The molecule has 0 saturated carbocycles. The molecule has 1 aromatic carbocycles. The quantitative estimate of drug-likeness (QED) is 0.676. The van der Waals surface area contributed by atoms with Gasteiger partial charge in [-0.05, 0) is 31.9 Å². The predicted octanol–water partition coefficient (Wildman–Crippen LogP) is 3.26. The van der Waals surface area contributed by atoms with Gasteiger partial charge in [-0.1, -0.05) is 30.3 Å². The topological polar surface area (TPSA) is 67.9 Å².